The van der Waals surface area contributed by atoms with Crippen LogP contribution in [0.4, 0.5) is 4.79 Å². The first-order valence-corrected chi connectivity index (χ1v) is 8.24. The molecule has 2 aromatic rings. The molecular weight excluding hydrogens is 300 g/mol. The number of carbonyl (C=O) groups excluding carboxylic acids is 1. The second-order valence-corrected chi connectivity index (χ2v) is 6.72. The fraction of sp³-hybridized carbons (Fsp3) is 0.350. The van der Waals surface area contributed by atoms with Gasteiger partial charge in [0, 0.05) is 6.54 Å². The van der Waals surface area contributed by atoms with Crippen molar-refractivity contribution in [1.29, 1.82) is 0 Å². The lowest BCUT2D eigenvalue weighted by atomic mass is 9.87. The molecule has 0 atom stereocenters. The molecule has 0 aliphatic rings. The summed E-state index contributed by atoms with van der Waals surface area (Å²) in [7, 11) is 0. The standard InChI is InChI=1S/C20H26N2O2/c1-20(2,3)17-10-7-11-18(14-17)24-13-12-21-19(23)22-15-16-8-5-4-6-9-16/h4-11,14H,12-13,15H2,1-3H3,(H2,21,22,23). The van der Waals surface area contributed by atoms with Crippen molar-refractivity contribution >= 4 is 6.03 Å². The fourth-order valence-electron chi connectivity index (χ4n) is 2.23. The average Bonchev–Trinajstić information content (AvgIpc) is 2.57. The molecule has 24 heavy (non-hydrogen) atoms. The highest BCUT2D eigenvalue weighted by molar-refractivity contribution is 5.73. The Labute approximate surface area is 144 Å². The van der Waals surface area contributed by atoms with Gasteiger partial charge < -0.3 is 15.4 Å². The van der Waals surface area contributed by atoms with E-state index in [9.17, 15) is 4.79 Å². The van der Waals surface area contributed by atoms with E-state index in [0.29, 0.717) is 19.7 Å². The SMILES string of the molecule is CC(C)(C)c1cccc(OCCNC(=O)NCc2ccccc2)c1. The van der Waals surface area contributed by atoms with Crippen LogP contribution >= 0.6 is 0 Å². The minimum atomic E-state index is -0.189. The molecule has 2 amide bonds. The minimum absolute atomic E-state index is 0.0922. The molecule has 0 aliphatic heterocycles. The fourth-order valence-corrected chi connectivity index (χ4v) is 2.23. The van der Waals surface area contributed by atoms with Gasteiger partial charge in [-0.2, -0.15) is 0 Å². The van der Waals surface area contributed by atoms with Crippen LogP contribution < -0.4 is 15.4 Å². The third-order valence-electron chi connectivity index (χ3n) is 3.65. The number of rotatable bonds is 6. The maximum absolute atomic E-state index is 11.7. The lowest BCUT2D eigenvalue weighted by Crippen LogP contribution is -2.37. The Kier molecular flexibility index (Phi) is 6.24. The second-order valence-electron chi connectivity index (χ2n) is 6.72. The smallest absolute Gasteiger partial charge is 0.315 e. The molecule has 128 valence electrons. The number of nitrogens with one attached hydrogen (secondary N) is 2. The third-order valence-corrected chi connectivity index (χ3v) is 3.65. The van der Waals surface area contributed by atoms with Gasteiger partial charge in [0.2, 0.25) is 0 Å². The van der Waals surface area contributed by atoms with Crippen molar-refractivity contribution in [3.63, 3.8) is 0 Å². The van der Waals surface area contributed by atoms with Crippen molar-refractivity contribution < 1.29 is 9.53 Å². The maximum atomic E-state index is 11.7. The molecule has 2 N–H and O–H groups in total. The molecule has 4 heteroatoms. The van der Waals surface area contributed by atoms with Crippen LogP contribution in [0.25, 0.3) is 0 Å². The molecule has 0 saturated carbocycles. The van der Waals surface area contributed by atoms with Crippen LogP contribution in [0.5, 0.6) is 5.75 Å². The normalized spacial score (nSPS) is 11.0. The molecule has 2 aromatic carbocycles. The predicted octanol–water partition coefficient (Wildman–Crippen LogP) is 3.86. The highest BCUT2D eigenvalue weighted by Gasteiger charge is 2.13. The Balaban J connectivity index is 1.68. The van der Waals surface area contributed by atoms with Gasteiger partial charge in [0.25, 0.3) is 0 Å². The van der Waals surface area contributed by atoms with Gasteiger partial charge in [0.1, 0.15) is 12.4 Å². The van der Waals surface area contributed by atoms with Gasteiger partial charge in [-0.3, -0.25) is 0 Å². The summed E-state index contributed by atoms with van der Waals surface area (Å²) in [4.78, 5) is 11.7. The molecule has 0 spiro atoms. The van der Waals surface area contributed by atoms with Crippen LogP contribution in [0.1, 0.15) is 31.9 Å². The van der Waals surface area contributed by atoms with E-state index in [0.717, 1.165) is 11.3 Å². The van der Waals surface area contributed by atoms with Gasteiger partial charge in [-0.25, -0.2) is 4.79 Å². The van der Waals surface area contributed by atoms with Gasteiger partial charge >= 0.3 is 6.03 Å². The Hall–Kier alpha value is -2.49. The van der Waals surface area contributed by atoms with Crippen LogP contribution in [0.15, 0.2) is 54.6 Å². The van der Waals surface area contributed by atoms with Gasteiger partial charge in [0.05, 0.1) is 6.54 Å². The van der Waals surface area contributed by atoms with E-state index in [1.807, 2.05) is 42.5 Å². The summed E-state index contributed by atoms with van der Waals surface area (Å²) in [5.74, 6) is 0.828. The zero-order chi connectivity index (χ0) is 17.4. The highest BCUT2D eigenvalue weighted by atomic mass is 16.5. The zero-order valence-corrected chi connectivity index (χ0v) is 14.6. The molecule has 0 unspecified atom stereocenters. The van der Waals surface area contributed by atoms with Crippen molar-refractivity contribution in [2.75, 3.05) is 13.2 Å². The van der Waals surface area contributed by atoms with E-state index in [1.54, 1.807) is 0 Å². The number of ether oxygens (including phenoxy) is 1. The van der Waals surface area contributed by atoms with Gasteiger partial charge in [0.15, 0.2) is 0 Å². The second kappa shape index (κ2) is 8.39. The third kappa shape index (κ3) is 5.95. The van der Waals surface area contributed by atoms with Gasteiger partial charge in [-0.1, -0.05) is 63.2 Å². The molecular formula is C20H26N2O2. The molecule has 0 radical (unpaired) electrons. The van der Waals surface area contributed by atoms with Crippen LogP contribution in [0.2, 0.25) is 0 Å². The first-order valence-electron chi connectivity index (χ1n) is 8.24. The summed E-state index contributed by atoms with van der Waals surface area (Å²) in [5.41, 5.74) is 2.39. The Morgan fingerprint density at radius 1 is 1.00 bits per heavy atom. The zero-order valence-electron chi connectivity index (χ0n) is 14.6. The van der Waals surface area contributed by atoms with Crippen molar-refractivity contribution in [1.82, 2.24) is 10.6 Å². The number of benzene rings is 2. The van der Waals surface area contributed by atoms with E-state index >= 15 is 0 Å². The van der Waals surface area contributed by atoms with Crippen molar-refractivity contribution in [3.8, 4) is 5.75 Å². The summed E-state index contributed by atoms with van der Waals surface area (Å²) in [6, 6.07) is 17.7. The number of amides is 2. The number of hydrogen-bond donors (Lipinski definition) is 2. The first-order chi connectivity index (χ1) is 11.4. The van der Waals surface area contributed by atoms with E-state index in [2.05, 4.69) is 43.5 Å². The molecule has 0 fully saturated rings. The van der Waals surface area contributed by atoms with Gasteiger partial charge in [-0.15, -0.1) is 0 Å². The number of carbonyl (C=O) groups is 1. The van der Waals surface area contributed by atoms with Crippen molar-refractivity contribution in [2.45, 2.75) is 32.7 Å². The monoisotopic (exact) mass is 326 g/mol. The topological polar surface area (TPSA) is 50.4 Å². The summed E-state index contributed by atoms with van der Waals surface area (Å²) in [5, 5.41) is 5.61. The number of urea groups is 1. The number of hydrogen-bond acceptors (Lipinski definition) is 2. The summed E-state index contributed by atoms with van der Waals surface area (Å²) < 4.78 is 5.71. The van der Waals surface area contributed by atoms with Crippen LogP contribution in [0.3, 0.4) is 0 Å². The highest BCUT2D eigenvalue weighted by Crippen LogP contribution is 2.25. The van der Waals surface area contributed by atoms with E-state index in [-0.39, 0.29) is 11.4 Å². The Morgan fingerprint density at radius 3 is 2.46 bits per heavy atom. The lowest BCUT2D eigenvalue weighted by Gasteiger charge is -2.19. The summed E-state index contributed by atoms with van der Waals surface area (Å²) in [6.07, 6.45) is 0. The molecule has 0 aliphatic carbocycles. The van der Waals surface area contributed by atoms with Gasteiger partial charge in [-0.05, 0) is 28.7 Å². The van der Waals surface area contributed by atoms with E-state index in [4.69, 9.17) is 4.74 Å². The molecule has 4 nitrogen and oxygen atoms in total. The van der Waals surface area contributed by atoms with Crippen LogP contribution in [0, 0.1) is 0 Å². The minimum Gasteiger partial charge on any atom is -0.492 e. The Bertz CT molecular complexity index is 648. The molecule has 0 aromatic heterocycles. The van der Waals surface area contributed by atoms with E-state index in [1.165, 1.54) is 5.56 Å². The predicted molar refractivity (Wildman–Crippen MR) is 97.3 cm³/mol. The average molecular weight is 326 g/mol. The summed E-state index contributed by atoms with van der Waals surface area (Å²) >= 11 is 0. The largest absolute Gasteiger partial charge is 0.492 e. The molecule has 0 heterocycles. The lowest BCUT2D eigenvalue weighted by molar-refractivity contribution is 0.236. The Morgan fingerprint density at radius 2 is 1.75 bits per heavy atom. The quantitative estimate of drug-likeness (QED) is 0.792. The van der Waals surface area contributed by atoms with Crippen molar-refractivity contribution in [3.05, 3.63) is 65.7 Å². The molecule has 0 saturated heterocycles. The maximum Gasteiger partial charge on any atom is 0.315 e. The van der Waals surface area contributed by atoms with Crippen LogP contribution in [-0.4, -0.2) is 19.2 Å². The summed E-state index contributed by atoms with van der Waals surface area (Å²) in [6.45, 7) is 7.92. The molecule has 0 bridgehead atoms. The molecule has 2 rings (SSSR count). The van der Waals surface area contributed by atoms with Crippen molar-refractivity contribution in [2.24, 2.45) is 0 Å². The first kappa shape index (κ1) is 17.9. The van der Waals surface area contributed by atoms with Crippen LogP contribution in [-0.2, 0) is 12.0 Å². The van der Waals surface area contributed by atoms with E-state index < -0.39 is 0 Å².